The summed E-state index contributed by atoms with van der Waals surface area (Å²) in [7, 11) is 0. The van der Waals surface area contributed by atoms with E-state index in [9.17, 15) is 10.2 Å². The van der Waals surface area contributed by atoms with Crippen LogP contribution < -0.4 is 0 Å². The van der Waals surface area contributed by atoms with E-state index in [0.29, 0.717) is 5.92 Å². The average molecular weight is 275 g/mol. The van der Waals surface area contributed by atoms with E-state index in [1.165, 1.54) is 0 Å². The maximum Gasteiger partial charge on any atom is 0.111 e. The second-order valence-electron chi connectivity index (χ2n) is 5.49. The topological polar surface area (TPSA) is 72.4 Å². The Hall–Kier alpha value is -1.43. The maximum absolute atomic E-state index is 9.32. The molecule has 1 aliphatic rings. The number of para-hydroxylation sites is 2. The number of piperidine rings is 1. The number of H-pyrrole nitrogens is 1. The van der Waals surface area contributed by atoms with Gasteiger partial charge in [0.25, 0.3) is 0 Å². The predicted octanol–water partition coefficient (Wildman–Crippen LogP) is 1.10. The van der Waals surface area contributed by atoms with Gasteiger partial charge >= 0.3 is 0 Å². The van der Waals surface area contributed by atoms with Gasteiger partial charge in [-0.2, -0.15) is 0 Å². The fraction of sp³-hybridized carbons (Fsp3) is 0.533. The quantitative estimate of drug-likeness (QED) is 0.781. The molecule has 5 nitrogen and oxygen atoms in total. The Morgan fingerprint density at radius 3 is 2.85 bits per heavy atom. The van der Waals surface area contributed by atoms with Crippen molar-refractivity contribution >= 4 is 11.0 Å². The van der Waals surface area contributed by atoms with Gasteiger partial charge in [-0.05, 0) is 31.5 Å². The molecule has 3 rings (SSSR count). The van der Waals surface area contributed by atoms with Crippen LogP contribution in [0.3, 0.4) is 0 Å². The predicted molar refractivity (Wildman–Crippen MR) is 77.6 cm³/mol. The molecule has 0 bridgehead atoms. The summed E-state index contributed by atoms with van der Waals surface area (Å²) < 4.78 is 0. The maximum atomic E-state index is 9.32. The highest BCUT2D eigenvalue weighted by Crippen LogP contribution is 2.27. The Kier molecular flexibility index (Phi) is 4.00. The van der Waals surface area contributed by atoms with E-state index in [-0.39, 0.29) is 19.3 Å². The number of hydrogen-bond acceptors (Lipinski definition) is 4. The number of nitrogens with one attached hydrogen (secondary N) is 1. The van der Waals surface area contributed by atoms with Crippen molar-refractivity contribution in [3.05, 3.63) is 30.1 Å². The van der Waals surface area contributed by atoms with E-state index in [1.807, 2.05) is 24.3 Å². The Balaban J connectivity index is 1.79. The minimum absolute atomic E-state index is 0.00332. The van der Waals surface area contributed by atoms with Crippen LogP contribution in [0.15, 0.2) is 24.3 Å². The summed E-state index contributed by atoms with van der Waals surface area (Å²) in [6, 6.07) is 7.90. The van der Waals surface area contributed by atoms with E-state index in [4.69, 9.17) is 0 Å². The van der Waals surface area contributed by atoms with Crippen LogP contribution >= 0.6 is 0 Å². The van der Waals surface area contributed by atoms with E-state index in [1.54, 1.807) is 0 Å². The van der Waals surface area contributed by atoms with Gasteiger partial charge in [-0.1, -0.05) is 12.1 Å². The molecule has 0 radical (unpaired) electrons. The van der Waals surface area contributed by atoms with Crippen molar-refractivity contribution in [2.24, 2.45) is 0 Å². The molecule has 0 amide bonds. The third-order valence-electron chi connectivity index (χ3n) is 4.19. The molecule has 0 unspecified atom stereocenters. The number of aromatic amines is 1. The number of aliphatic hydroxyl groups is 2. The monoisotopic (exact) mass is 275 g/mol. The highest BCUT2D eigenvalue weighted by Gasteiger charge is 2.27. The summed E-state index contributed by atoms with van der Waals surface area (Å²) in [6.45, 7) is 1.78. The van der Waals surface area contributed by atoms with Gasteiger partial charge in [-0.3, -0.25) is 4.90 Å². The van der Waals surface area contributed by atoms with Crippen LogP contribution in [0.1, 0.15) is 24.6 Å². The number of rotatable bonds is 4. The van der Waals surface area contributed by atoms with E-state index >= 15 is 0 Å². The number of aliphatic hydroxyl groups excluding tert-OH is 2. The molecule has 0 spiro atoms. The highest BCUT2D eigenvalue weighted by atomic mass is 16.3. The lowest BCUT2D eigenvalue weighted by atomic mass is 9.96. The first-order chi connectivity index (χ1) is 9.81. The zero-order chi connectivity index (χ0) is 13.9. The van der Waals surface area contributed by atoms with Crippen LogP contribution in [0.2, 0.25) is 0 Å². The molecule has 2 heterocycles. The molecule has 0 saturated carbocycles. The number of imidazole rings is 1. The number of hydrogen-bond donors (Lipinski definition) is 3. The van der Waals surface area contributed by atoms with Crippen molar-refractivity contribution in [2.75, 3.05) is 26.3 Å². The molecule has 1 aliphatic heterocycles. The third kappa shape index (κ3) is 2.57. The number of benzene rings is 1. The van der Waals surface area contributed by atoms with E-state index < -0.39 is 0 Å². The summed E-state index contributed by atoms with van der Waals surface area (Å²) in [6.07, 6.45) is 2.16. The second kappa shape index (κ2) is 5.91. The smallest absolute Gasteiger partial charge is 0.111 e. The van der Waals surface area contributed by atoms with Gasteiger partial charge in [0.05, 0.1) is 30.3 Å². The Labute approximate surface area is 118 Å². The molecule has 1 fully saturated rings. The SMILES string of the molecule is OCC(CO)N1CCC[C@@H](c2nc3ccccc3[nH]2)C1. The zero-order valence-electron chi connectivity index (χ0n) is 11.5. The fourth-order valence-electron chi connectivity index (χ4n) is 3.02. The number of nitrogens with zero attached hydrogens (tertiary/aromatic N) is 2. The van der Waals surface area contributed by atoms with Crippen LogP contribution in [0, 0.1) is 0 Å². The molecule has 108 valence electrons. The minimum atomic E-state index is -0.151. The van der Waals surface area contributed by atoms with Gasteiger partial charge in [0, 0.05) is 12.5 Å². The molecule has 1 atom stereocenters. The lowest BCUT2D eigenvalue weighted by Crippen LogP contribution is -2.45. The van der Waals surface area contributed by atoms with Gasteiger partial charge in [-0.15, -0.1) is 0 Å². The highest BCUT2D eigenvalue weighted by molar-refractivity contribution is 5.74. The second-order valence-corrected chi connectivity index (χ2v) is 5.49. The molecular weight excluding hydrogens is 254 g/mol. The van der Waals surface area contributed by atoms with Gasteiger partial charge in [-0.25, -0.2) is 4.98 Å². The van der Waals surface area contributed by atoms with Crippen molar-refractivity contribution in [2.45, 2.75) is 24.8 Å². The summed E-state index contributed by atoms with van der Waals surface area (Å²) in [5, 5.41) is 18.6. The molecule has 3 N–H and O–H groups in total. The minimum Gasteiger partial charge on any atom is -0.395 e. The third-order valence-corrected chi connectivity index (χ3v) is 4.19. The molecule has 2 aromatic rings. The van der Waals surface area contributed by atoms with Crippen LogP contribution in [0.5, 0.6) is 0 Å². The summed E-state index contributed by atoms with van der Waals surface area (Å²) in [4.78, 5) is 10.2. The molecule has 1 aromatic heterocycles. The first kappa shape index (κ1) is 13.5. The molecule has 0 aliphatic carbocycles. The first-order valence-electron chi connectivity index (χ1n) is 7.22. The summed E-state index contributed by atoms with van der Waals surface area (Å²) >= 11 is 0. The van der Waals surface area contributed by atoms with Crippen molar-refractivity contribution in [1.29, 1.82) is 0 Å². The lowest BCUT2D eigenvalue weighted by Gasteiger charge is -2.36. The molecule has 1 saturated heterocycles. The molecule has 20 heavy (non-hydrogen) atoms. The van der Waals surface area contributed by atoms with Gasteiger partial charge in [0.2, 0.25) is 0 Å². The number of fused-ring (bicyclic) bond motifs is 1. The van der Waals surface area contributed by atoms with Crippen molar-refractivity contribution < 1.29 is 10.2 Å². The zero-order valence-corrected chi connectivity index (χ0v) is 11.5. The molecular formula is C15H21N3O2. The van der Waals surface area contributed by atoms with Crippen molar-refractivity contribution in [3.63, 3.8) is 0 Å². The normalized spacial score (nSPS) is 20.9. The van der Waals surface area contributed by atoms with E-state index in [2.05, 4.69) is 14.9 Å². The van der Waals surface area contributed by atoms with Crippen LogP contribution in [-0.4, -0.2) is 57.4 Å². The summed E-state index contributed by atoms with van der Waals surface area (Å²) in [5.74, 6) is 1.36. The number of aromatic nitrogens is 2. The van der Waals surface area contributed by atoms with Crippen LogP contribution in [0.4, 0.5) is 0 Å². The van der Waals surface area contributed by atoms with Gasteiger partial charge in [0.15, 0.2) is 0 Å². The first-order valence-corrected chi connectivity index (χ1v) is 7.22. The average Bonchev–Trinajstić information content (AvgIpc) is 2.93. The fourth-order valence-corrected chi connectivity index (χ4v) is 3.02. The van der Waals surface area contributed by atoms with Crippen LogP contribution in [0.25, 0.3) is 11.0 Å². The van der Waals surface area contributed by atoms with Gasteiger partial charge in [0.1, 0.15) is 5.82 Å². The van der Waals surface area contributed by atoms with Crippen LogP contribution in [-0.2, 0) is 0 Å². The van der Waals surface area contributed by atoms with Crippen molar-refractivity contribution in [1.82, 2.24) is 14.9 Å². The largest absolute Gasteiger partial charge is 0.395 e. The van der Waals surface area contributed by atoms with Gasteiger partial charge < -0.3 is 15.2 Å². The molecule has 1 aromatic carbocycles. The Bertz CT molecular complexity index is 532. The summed E-state index contributed by atoms with van der Waals surface area (Å²) in [5.41, 5.74) is 2.07. The van der Waals surface area contributed by atoms with E-state index in [0.717, 1.165) is 42.8 Å². The Morgan fingerprint density at radius 1 is 1.30 bits per heavy atom. The lowest BCUT2D eigenvalue weighted by molar-refractivity contribution is 0.0542. The van der Waals surface area contributed by atoms with Crippen molar-refractivity contribution in [3.8, 4) is 0 Å². The molecule has 5 heteroatoms. The standard InChI is InChI=1S/C15H21N3O2/c19-9-12(10-20)18-7-3-4-11(8-18)15-16-13-5-1-2-6-14(13)17-15/h1-2,5-6,11-12,19-20H,3-4,7-10H2,(H,16,17)/t11-/m1/s1. The Morgan fingerprint density at radius 2 is 2.10 bits per heavy atom. The number of likely N-dealkylation sites (tertiary alicyclic amines) is 1.